The van der Waals surface area contributed by atoms with E-state index in [1.54, 1.807) is 78.9 Å². The van der Waals surface area contributed by atoms with E-state index in [-0.39, 0.29) is 18.2 Å². The van der Waals surface area contributed by atoms with Crippen LogP contribution in [0.25, 0.3) is 6.08 Å². The van der Waals surface area contributed by atoms with Crippen LogP contribution in [0, 0.1) is 0 Å². The van der Waals surface area contributed by atoms with E-state index in [0.717, 1.165) is 5.56 Å². The molecule has 180 valence electrons. The standard InChI is InChI=1S/C28H28N2O5/c1-19(2)35-23-15-13-21(14-16-23)17-24(29-26(31)22-11-7-4-8-12-22)27(32)30-25(28(33)34)18-20-9-5-3-6-10-20/h3-17,19,25H,18H2,1-2H3,(H,29,31)(H,30,32)(H,33,34)/b24-17-/t25-/m1/s1. The number of rotatable bonds is 10. The second-order valence-corrected chi connectivity index (χ2v) is 8.17. The minimum absolute atomic E-state index is 0.0143. The highest BCUT2D eigenvalue weighted by molar-refractivity contribution is 6.06. The molecular weight excluding hydrogens is 444 g/mol. The Morgan fingerprint density at radius 1 is 0.886 bits per heavy atom. The van der Waals surface area contributed by atoms with Gasteiger partial charge in [0.2, 0.25) is 0 Å². The predicted octanol–water partition coefficient (Wildman–Crippen LogP) is 4.06. The molecule has 0 bridgehead atoms. The summed E-state index contributed by atoms with van der Waals surface area (Å²) in [5, 5.41) is 14.8. The number of amides is 2. The fourth-order valence-electron chi connectivity index (χ4n) is 3.31. The molecule has 0 aliphatic rings. The maximum absolute atomic E-state index is 13.1. The van der Waals surface area contributed by atoms with Crippen LogP contribution in [-0.2, 0) is 16.0 Å². The van der Waals surface area contributed by atoms with Gasteiger partial charge >= 0.3 is 5.97 Å². The van der Waals surface area contributed by atoms with E-state index in [1.165, 1.54) is 6.08 Å². The molecule has 0 saturated carbocycles. The molecule has 3 aromatic carbocycles. The van der Waals surface area contributed by atoms with Crippen LogP contribution in [0.5, 0.6) is 5.75 Å². The largest absolute Gasteiger partial charge is 0.491 e. The molecule has 0 unspecified atom stereocenters. The van der Waals surface area contributed by atoms with E-state index in [9.17, 15) is 19.5 Å². The first-order valence-electron chi connectivity index (χ1n) is 11.2. The molecule has 7 nitrogen and oxygen atoms in total. The van der Waals surface area contributed by atoms with Gasteiger partial charge in [0.25, 0.3) is 11.8 Å². The lowest BCUT2D eigenvalue weighted by Crippen LogP contribution is -2.45. The summed E-state index contributed by atoms with van der Waals surface area (Å²) >= 11 is 0. The van der Waals surface area contributed by atoms with Crippen LogP contribution >= 0.6 is 0 Å². The second kappa shape index (κ2) is 12.2. The lowest BCUT2D eigenvalue weighted by atomic mass is 10.1. The number of carboxylic acid groups (broad SMARTS) is 1. The molecule has 0 aliphatic heterocycles. The van der Waals surface area contributed by atoms with Crippen molar-refractivity contribution in [3.05, 3.63) is 107 Å². The van der Waals surface area contributed by atoms with Crippen LogP contribution in [-0.4, -0.2) is 35.0 Å². The van der Waals surface area contributed by atoms with Crippen molar-refractivity contribution in [2.24, 2.45) is 0 Å². The molecule has 0 aromatic heterocycles. The number of carbonyl (C=O) groups is 3. The van der Waals surface area contributed by atoms with Gasteiger partial charge in [0.1, 0.15) is 17.5 Å². The molecular formula is C28H28N2O5. The molecule has 1 atom stereocenters. The highest BCUT2D eigenvalue weighted by Gasteiger charge is 2.23. The van der Waals surface area contributed by atoms with E-state index < -0.39 is 23.8 Å². The van der Waals surface area contributed by atoms with Crippen molar-refractivity contribution in [3.63, 3.8) is 0 Å². The lowest BCUT2D eigenvalue weighted by molar-refractivity contribution is -0.141. The van der Waals surface area contributed by atoms with Crippen molar-refractivity contribution in [2.45, 2.75) is 32.4 Å². The van der Waals surface area contributed by atoms with Crippen LogP contribution in [0.3, 0.4) is 0 Å². The quantitative estimate of drug-likeness (QED) is 0.386. The Morgan fingerprint density at radius 3 is 2.06 bits per heavy atom. The fraction of sp³-hybridized carbons (Fsp3) is 0.179. The van der Waals surface area contributed by atoms with E-state index >= 15 is 0 Å². The Kier molecular flexibility index (Phi) is 8.78. The van der Waals surface area contributed by atoms with Crippen LogP contribution in [0.2, 0.25) is 0 Å². The minimum Gasteiger partial charge on any atom is -0.491 e. The minimum atomic E-state index is -1.18. The SMILES string of the molecule is CC(C)Oc1ccc(/C=C(\NC(=O)c2ccccc2)C(=O)N[C@H](Cc2ccccc2)C(=O)O)cc1. The summed E-state index contributed by atoms with van der Waals surface area (Å²) in [6.07, 6.45) is 1.61. The molecule has 35 heavy (non-hydrogen) atoms. The summed E-state index contributed by atoms with van der Waals surface area (Å²) in [5.41, 5.74) is 1.69. The summed E-state index contributed by atoms with van der Waals surface area (Å²) in [5.74, 6) is -1.70. The first kappa shape index (κ1) is 25.2. The van der Waals surface area contributed by atoms with Gasteiger partial charge in [-0.1, -0.05) is 60.7 Å². The number of carbonyl (C=O) groups excluding carboxylic acids is 2. The molecule has 3 aromatic rings. The van der Waals surface area contributed by atoms with E-state index in [0.29, 0.717) is 16.9 Å². The molecule has 7 heteroatoms. The lowest BCUT2D eigenvalue weighted by Gasteiger charge is -2.17. The van der Waals surface area contributed by atoms with Crippen LogP contribution < -0.4 is 15.4 Å². The zero-order valence-corrected chi connectivity index (χ0v) is 19.6. The molecule has 0 radical (unpaired) electrons. The molecule has 3 rings (SSSR count). The highest BCUT2D eigenvalue weighted by atomic mass is 16.5. The summed E-state index contributed by atoms with van der Waals surface area (Å²) < 4.78 is 5.64. The molecule has 0 aliphatic carbocycles. The summed E-state index contributed by atoms with van der Waals surface area (Å²) in [6.45, 7) is 3.84. The third kappa shape index (κ3) is 7.85. The third-order valence-corrected chi connectivity index (χ3v) is 4.98. The molecule has 2 amide bonds. The average Bonchev–Trinajstić information content (AvgIpc) is 2.85. The van der Waals surface area contributed by atoms with Crippen LogP contribution in [0.1, 0.15) is 35.3 Å². The number of carboxylic acids is 1. The van der Waals surface area contributed by atoms with Gasteiger partial charge in [0.15, 0.2) is 0 Å². The maximum Gasteiger partial charge on any atom is 0.326 e. The predicted molar refractivity (Wildman–Crippen MR) is 134 cm³/mol. The summed E-state index contributed by atoms with van der Waals surface area (Å²) in [4.78, 5) is 37.8. The number of aliphatic carboxylic acids is 1. The van der Waals surface area contributed by atoms with Gasteiger partial charge in [-0.2, -0.15) is 0 Å². The second-order valence-electron chi connectivity index (χ2n) is 8.17. The zero-order chi connectivity index (χ0) is 25.2. The van der Waals surface area contributed by atoms with E-state index in [2.05, 4.69) is 10.6 Å². The molecule has 0 heterocycles. The van der Waals surface area contributed by atoms with Crippen LogP contribution in [0.4, 0.5) is 0 Å². The highest BCUT2D eigenvalue weighted by Crippen LogP contribution is 2.16. The van der Waals surface area contributed by atoms with Gasteiger partial charge in [0, 0.05) is 12.0 Å². The normalized spacial score (nSPS) is 12.0. The monoisotopic (exact) mass is 472 g/mol. The van der Waals surface area contributed by atoms with Gasteiger partial charge in [-0.25, -0.2) is 4.79 Å². The van der Waals surface area contributed by atoms with E-state index in [4.69, 9.17) is 4.74 Å². The zero-order valence-electron chi connectivity index (χ0n) is 19.6. The van der Waals surface area contributed by atoms with Gasteiger partial charge < -0.3 is 20.5 Å². The average molecular weight is 473 g/mol. The Bertz CT molecular complexity index is 1170. The van der Waals surface area contributed by atoms with Gasteiger partial charge in [-0.15, -0.1) is 0 Å². The van der Waals surface area contributed by atoms with Crippen molar-refractivity contribution in [1.29, 1.82) is 0 Å². The van der Waals surface area contributed by atoms with Gasteiger partial charge in [-0.3, -0.25) is 9.59 Å². The van der Waals surface area contributed by atoms with Crippen molar-refractivity contribution in [2.75, 3.05) is 0 Å². The number of hydrogen-bond donors (Lipinski definition) is 3. The number of hydrogen-bond acceptors (Lipinski definition) is 4. The third-order valence-electron chi connectivity index (χ3n) is 4.98. The fourth-order valence-corrected chi connectivity index (χ4v) is 3.31. The summed E-state index contributed by atoms with van der Waals surface area (Å²) in [6, 6.07) is 23.3. The Morgan fingerprint density at radius 2 is 1.49 bits per heavy atom. The first-order chi connectivity index (χ1) is 16.8. The summed E-state index contributed by atoms with van der Waals surface area (Å²) in [7, 11) is 0. The van der Waals surface area contributed by atoms with Crippen LogP contribution in [0.15, 0.2) is 90.6 Å². The number of ether oxygens (including phenoxy) is 1. The molecule has 0 spiro atoms. The Labute approximate surface area is 204 Å². The number of benzene rings is 3. The van der Waals surface area contributed by atoms with Crippen molar-refractivity contribution in [3.8, 4) is 5.75 Å². The van der Waals surface area contributed by atoms with Crippen molar-refractivity contribution >= 4 is 23.9 Å². The van der Waals surface area contributed by atoms with Gasteiger partial charge in [-0.05, 0) is 55.3 Å². The smallest absolute Gasteiger partial charge is 0.326 e. The first-order valence-corrected chi connectivity index (χ1v) is 11.2. The topological polar surface area (TPSA) is 105 Å². The Balaban J connectivity index is 1.85. The maximum atomic E-state index is 13.1. The van der Waals surface area contributed by atoms with Crippen molar-refractivity contribution in [1.82, 2.24) is 10.6 Å². The number of nitrogens with one attached hydrogen (secondary N) is 2. The van der Waals surface area contributed by atoms with Crippen molar-refractivity contribution < 1.29 is 24.2 Å². The molecule has 3 N–H and O–H groups in total. The Hall–Kier alpha value is -4.39. The van der Waals surface area contributed by atoms with E-state index in [1.807, 2.05) is 19.9 Å². The molecule has 0 saturated heterocycles. The van der Waals surface area contributed by atoms with Gasteiger partial charge in [0.05, 0.1) is 6.10 Å². The molecule has 0 fully saturated rings.